The molecular weight excluding hydrogens is 373 g/mol. The summed E-state index contributed by atoms with van der Waals surface area (Å²) in [5.41, 5.74) is 0.898. The molecule has 1 atom stereocenters. The smallest absolute Gasteiger partial charge is 0.0815 e. The molecule has 1 aliphatic carbocycles. The molecule has 3 nitrogen and oxygen atoms in total. The maximum atomic E-state index is 10.5. The van der Waals surface area contributed by atoms with Crippen LogP contribution in [0.15, 0.2) is 6.07 Å². The van der Waals surface area contributed by atoms with Crippen LogP contribution in [0.3, 0.4) is 0 Å². The summed E-state index contributed by atoms with van der Waals surface area (Å²) in [6.45, 7) is 2.06. The van der Waals surface area contributed by atoms with Gasteiger partial charge >= 0.3 is 0 Å². The van der Waals surface area contributed by atoms with Crippen LogP contribution in [0.25, 0.3) is 0 Å². The highest BCUT2D eigenvalue weighted by molar-refractivity contribution is 14.1. The van der Waals surface area contributed by atoms with Gasteiger partial charge in [-0.15, -0.1) is 11.3 Å². The zero-order valence-corrected chi connectivity index (χ0v) is 13.9. The summed E-state index contributed by atoms with van der Waals surface area (Å²) in [6.07, 6.45) is 5.16. The van der Waals surface area contributed by atoms with E-state index >= 15 is 0 Å². The Morgan fingerprint density at radius 2 is 2.26 bits per heavy atom. The Bertz CT molecular complexity index is 443. The van der Waals surface area contributed by atoms with E-state index in [1.165, 1.54) is 32.6 Å². The second-order valence-corrected chi connectivity index (χ2v) is 8.62. The minimum atomic E-state index is -0.570. The first-order chi connectivity index (χ1) is 9.16. The van der Waals surface area contributed by atoms with Crippen molar-refractivity contribution in [3.63, 3.8) is 0 Å². The number of halogens is 1. The van der Waals surface area contributed by atoms with Crippen LogP contribution in [-0.2, 0) is 11.2 Å². The van der Waals surface area contributed by atoms with Crippen molar-refractivity contribution in [2.24, 2.45) is 0 Å². The average Bonchev–Trinajstić information content (AvgIpc) is 2.78. The largest absolute Gasteiger partial charge is 0.388 e. The lowest BCUT2D eigenvalue weighted by molar-refractivity contribution is -0.0630. The minimum Gasteiger partial charge on any atom is -0.388 e. The third-order valence-electron chi connectivity index (χ3n) is 4.18. The minimum absolute atomic E-state index is 0.426. The van der Waals surface area contributed by atoms with Crippen LogP contribution in [0.5, 0.6) is 0 Å². The number of aliphatic hydroxyl groups is 1. The molecule has 3 rings (SSSR count). The van der Waals surface area contributed by atoms with Gasteiger partial charge in [0.2, 0.25) is 0 Å². The molecule has 2 heterocycles. The van der Waals surface area contributed by atoms with Crippen LogP contribution >= 0.6 is 33.9 Å². The van der Waals surface area contributed by atoms with Crippen molar-refractivity contribution in [2.75, 3.05) is 19.8 Å². The highest BCUT2D eigenvalue weighted by atomic mass is 127. The molecule has 0 radical (unpaired) electrons. The zero-order chi connectivity index (χ0) is 13.3. The fraction of sp³-hybridized carbons (Fsp3) is 0.714. The topological polar surface area (TPSA) is 41.5 Å². The molecule has 0 aromatic carbocycles. The van der Waals surface area contributed by atoms with Gasteiger partial charge in [-0.25, -0.2) is 0 Å². The summed E-state index contributed by atoms with van der Waals surface area (Å²) < 4.78 is 6.71. The monoisotopic (exact) mass is 393 g/mol. The van der Waals surface area contributed by atoms with Crippen molar-refractivity contribution >= 4 is 33.9 Å². The number of hydrogen-bond acceptors (Lipinski definition) is 4. The lowest BCUT2D eigenvalue weighted by Crippen LogP contribution is -2.46. The van der Waals surface area contributed by atoms with E-state index in [0.29, 0.717) is 25.8 Å². The van der Waals surface area contributed by atoms with Crippen molar-refractivity contribution in [1.82, 2.24) is 5.32 Å². The normalized spacial score (nSPS) is 26.1. The zero-order valence-electron chi connectivity index (χ0n) is 11.0. The van der Waals surface area contributed by atoms with Crippen LogP contribution in [0.1, 0.15) is 42.2 Å². The van der Waals surface area contributed by atoms with Gasteiger partial charge in [-0.2, -0.15) is 0 Å². The molecule has 1 aromatic rings. The molecule has 1 unspecified atom stereocenters. The highest BCUT2D eigenvalue weighted by Gasteiger charge is 2.31. The van der Waals surface area contributed by atoms with E-state index in [2.05, 4.69) is 34.0 Å². The first-order valence-electron chi connectivity index (χ1n) is 6.98. The number of rotatable bonds is 3. The first-order valence-corrected chi connectivity index (χ1v) is 8.87. The van der Waals surface area contributed by atoms with Crippen molar-refractivity contribution in [3.05, 3.63) is 19.4 Å². The molecule has 0 spiro atoms. The summed E-state index contributed by atoms with van der Waals surface area (Å²) in [5, 5.41) is 14.1. The quantitative estimate of drug-likeness (QED) is 0.777. The van der Waals surface area contributed by atoms with Crippen LogP contribution in [0.4, 0.5) is 0 Å². The van der Waals surface area contributed by atoms with Crippen LogP contribution < -0.4 is 5.32 Å². The van der Waals surface area contributed by atoms with E-state index in [4.69, 9.17) is 4.74 Å². The maximum Gasteiger partial charge on any atom is 0.0815 e. The summed E-state index contributed by atoms with van der Waals surface area (Å²) >= 11 is 4.33. The molecule has 1 fully saturated rings. The number of thiophene rings is 1. The van der Waals surface area contributed by atoms with E-state index in [1.54, 1.807) is 0 Å². The molecule has 0 amide bonds. The molecule has 1 aromatic heterocycles. The van der Waals surface area contributed by atoms with Crippen LogP contribution in [-0.4, -0.2) is 30.5 Å². The van der Waals surface area contributed by atoms with Gasteiger partial charge < -0.3 is 15.2 Å². The SMILES string of the molecule is OC1(CNC2CCCc3sc(I)cc32)CCOCC1. The molecule has 0 bridgehead atoms. The van der Waals surface area contributed by atoms with Gasteiger partial charge in [0.15, 0.2) is 0 Å². The van der Waals surface area contributed by atoms with Gasteiger partial charge in [0.1, 0.15) is 0 Å². The Kier molecular flexibility index (Phi) is 4.48. The molecule has 106 valence electrons. The highest BCUT2D eigenvalue weighted by Crippen LogP contribution is 2.36. The lowest BCUT2D eigenvalue weighted by Gasteiger charge is -2.34. The summed E-state index contributed by atoms with van der Waals surface area (Å²) in [7, 11) is 0. The van der Waals surface area contributed by atoms with E-state index in [-0.39, 0.29) is 0 Å². The molecule has 19 heavy (non-hydrogen) atoms. The van der Waals surface area contributed by atoms with Gasteiger partial charge in [0.25, 0.3) is 0 Å². The molecular formula is C14H20INO2S. The lowest BCUT2D eigenvalue weighted by atomic mass is 9.91. The summed E-state index contributed by atoms with van der Waals surface area (Å²) in [6, 6.07) is 2.74. The van der Waals surface area contributed by atoms with Gasteiger partial charge in [-0.1, -0.05) is 0 Å². The Morgan fingerprint density at radius 3 is 3.05 bits per heavy atom. The van der Waals surface area contributed by atoms with Gasteiger partial charge in [0, 0.05) is 43.5 Å². The number of ether oxygens (including phenoxy) is 1. The number of fused-ring (bicyclic) bond motifs is 1. The molecule has 2 aliphatic rings. The molecule has 0 saturated carbocycles. The number of nitrogens with one attached hydrogen (secondary N) is 1. The van der Waals surface area contributed by atoms with Crippen molar-refractivity contribution in [1.29, 1.82) is 0 Å². The van der Waals surface area contributed by atoms with E-state index < -0.39 is 5.60 Å². The van der Waals surface area contributed by atoms with E-state index in [9.17, 15) is 5.11 Å². The number of hydrogen-bond donors (Lipinski definition) is 2. The van der Waals surface area contributed by atoms with Crippen molar-refractivity contribution in [3.8, 4) is 0 Å². The van der Waals surface area contributed by atoms with Gasteiger partial charge in [-0.05, 0) is 53.5 Å². The van der Waals surface area contributed by atoms with Gasteiger partial charge in [0.05, 0.1) is 8.48 Å². The second kappa shape index (κ2) is 5.97. The maximum absolute atomic E-state index is 10.5. The molecule has 1 saturated heterocycles. The van der Waals surface area contributed by atoms with E-state index in [0.717, 1.165) is 12.8 Å². The predicted octanol–water partition coefficient (Wildman–Crippen LogP) is 2.86. The second-order valence-electron chi connectivity index (χ2n) is 5.59. The fourth-order valence-corrected chi connectivity index (χ4v) is 5.09. The van der Waals surface area contributed by atoms with Gasteiger partial charge in [-0.3, -0.25) is 0 Å². The third kappa shape index (κ3) is 3.32. The third-order valence-corrected chi connectivity index (χ3v) is 6.16. The Balaban J connectivity index is 1.64. The molecule has 5 heteroatoms. The summed E-state index contributed by atoms with van der Waals surface area (Å²) in [5.74, 6) is 0. The van der Waals surface area contributed by atoms with Crippen molar-refractivity contribution < 1.29 is 9.84 Å². The Labute approximate surface area is 131 Å². The Hall–Kier alpha value is 0.310. The number of aryl methyl sites for hydroxylation is 1. The Morgan fingerprint density at radius 1 is 1.47 bits per heavy atom. The average molecular weight is 393 g/mol. The first kappa shape index (κ1) is 14.3. The standard InChI is InChI=1S/C14H20INO2S/c15-13-8-10-11(2-1-3-12(10)19-13)16-9-14(17)4-6-18-7-5-14/h8,11,16-17H,1-7,9H2. The predicted molar refractivity (Wildman–Crippen MR) is 85.7 cm³/mol. The molecule has 2 N–H and O–H groups in total. The van der Waals surface area contributed by atoms with Crippen LogP contribution in [0, 0.1) is 2.88 Å². The van der Waals surface area contributed by atoms with E-state index in [1.807, 2.05) is 11.3 Å². The fourth-order valence-electron chi connectivity index (χ4n) is 2.97. The van der Waals surface area contributed by atoms with Crippen LogP contribution in [0.2, 0.25) is 0 Å². The summed E-state index contributed by atoms with van der Waals surface area (Å²) in [4.78, 5) is 1.53. The van der Waals surface area contributed by atoms with Crippen molar-refractivity contribution in [2.45, 2.75) is 43.7 Å². The molecule has 1 aliphatic heterocycles.